The number of aromatic nitrogens is 6. The number of morpholine rings is 1. The monoisotopic (exact) mass is 285 g/mol. The first-order chi connectivity index (χ1) is 10.3. The highest BCUT2D eigenvalue weighted by Crippen LogP contribution is 2.27. The summed E-state index contributed by atoms with van der Waals surface area (Å²) in [6.07, 6.45) is 4.97. The summed E-state index contributed by atoms with van der Waals surface area (Å²) in [6.45, 7) is 4.17. The van der Waals surface area contributed by atoms with Crippen molar-refractivity contribution >= 4 is 17.0 Å². The lowest BCUT2D eigenvalue weighted by Crippen LogP contribution is -2.39. The van der Waals surface area contributed by atoms with E-state index in [9.17, 15) is 0 Å². The molecule has 0 saturated carbocycles. The van der Waals surface area contributed by atoms with Crippen LogP contribution in [0.5, 0.6) is 0 Å². The van der Waals surface area contributed by atoms with Crippen molar-refractivity contribution in [3.05, 3.63) is 30.1 Å². The second-order valence-corrected chi connectivity index (χ2v) is 5.07. The first-order valence-corrected chi connectivity index (χ1v) is 6.83. The van der Waals surface area contributed by atoms with Crippen LogP contribution in [0.3, 0.4) is 0 Å². The summed E-state index contributed by atoms with van der Waals surface area (Å²) >= 11 is 0. The molecule has 0 amide bonds. The molecule has 3 aromatic heterocycles. The third-order valence-electron chi connectivity index (χ3n) is 3.76. The molecule has 1 aliphatic rings. The van der Waals surface area contributed by atoms with Gasteiger partial charge in [0.1, 0.15) is 17.9 Å². The number of hydrogen-bond acceptors (Lipinski definition) is 6. The maximum atomic E-state index is 5.87. The van der Waals surface area contributed by atoms with Crippen LogP contribution in [0.15, 0.2) is 18.9 Å². The van der Waals surface area contributed by atoms with Crippen LogP contribution in [0.1, 0.15) is 17.4 Å². The molecule has 1 saturated heterocycles. The van der Waals surface area contributed by atoms with Crippen LogP contribution in [-0.4, -0.2) is 49.8 Å². The van der Waals surface area contributed by atoms with E-state index in [1.54, 1.807) is 12.7 Å². The van der Waals surface area contributed by atoms with E-state index in [4.69, 9.17) is 4.74 Å². The number of nitrogens with zero attached hydrogens (tertiary/aromatic N) is 5. The van der Waals surface area contributed by atoms with Gasteiger partial charge >= 0.3 is 0 Å². The van der Waals surface area contributed by atoms with Crippen molar-refractivity contribution in [1.29, 1.82) is 0 Å². The minimum atomic E-state index is -0.0332. The van der Waals surface area contributed by atoms with Crippen LogP contribution in [-0.2, 0) is 4.74 Å². The van der Waals surface area contributed by atoms with Crippen molar-refractivity contribution in [2.45, 2.75) is 13.0 Å². The van der Waals surface area contributed by atoms with Gasteiger partial charge < -0.3 is 14.6 Å². The molecular formula is C13H15N7O. The number of fused-ring (bicyclic) bond motifs is 1. The molecule has 21 heavy (non-hydrogen) atoms. The molecule has 0 spiro atoms. The average Bonchev–Trinajstić information content (AvgIpc) is 3.15. The largest absolute Gasteiger partial charge is 0.368 e. The first-order valence-electron chi connectivity index (χ1n) is 6.83. The second-order valence-electron chi connectivity index (χ2n) is 5.07. The highest BCUT2D eigenvalue weighted by atomic mass is 16.5. The molecule has 1 atom stereocenters. The number of imidazole rings is 1. The van der Waals surface area contributed by atoms with Crippen molar-refractivity contribution in [1.82, 2.24) is 30.1 Å². The number of aromatic amines is 2. The molecular weight excluding hydrogens is 270 g/mol. The zero-order chi connectivity index (χ0) is 14.2. The zero-order valence-electron chi connectivity index (χ0n) is 11.6. The number of anilines is 1. The van der Waals surface area contributed by atoms with Crippen LogP contribution in [0.2, 0.25) is 0 Å². The Morgan fingerprint density at radius 2 is 2.29 bits per heavy atom. The van der Waals surface area contributed by atoms with Gasteiger partial charge in [-0.2, -0.15) is 5.10 Å². The van der Waals surface area contributed by atoms with Gasteiger partial charge in [0, 0.05) is 6.54 Å². The van der Waals surface area contributed by atoms with Gasteiger partial charge in [0.25, 0.3) is 0 Å². The summed E-state index contributed by atoms with van der Waals surface area (Å²) in [5, 5.41) is 7.10. The lowest BCUT2D eigenvalue weighted by Gasteiger charge is -2.33. The second kappa shape index (κ2) is 4.81. The van der Waals surface area contributed by atoms with E-state index in [-0.39, 0.29) is 6.10 Å². The van der Waals surface area contributed by atoms with E-state index in [1.165, 1.54) is 0 Å². The molecule has 4 rings (SSSR count). The Hall–Kier alpha value is -2.48. The number of aryl methyl sites for hydroxylation is 1. The average molecular weight is 285 g/mol. The van der Waals surface area contributed by atoms with E-state index in [0.29, 0.717) is 18.8 Å². The summed E-state index contributed by atoms with van der Waals surface area (Å²) in [4.78, 5) is 18.0. The van der Waals surface area contributed by atoms with Crippen molar-refractivity contribution in [2.75, 3.05) is 24.6 Å². The van der Waals surface area contributed by atoms with Crippen LogP contribution in [0.4, 0.5) is 5.82 Å². The Morgan fingerprint density at radius 1 is 1.33 bits per heavy atom. The number of rotatable bonds is 2. The highest BCUT2D eigenvalue weighted by Gasteiger charge is 2.26. The predicted octanol–water partition coefficient (Wildman–Crippen LogP) is 0.962. The summed E-state index contributed by atoms with van der Waals surface area (Å²) in [7, 11) is 0. The molecule has 0 radical (unpaired) electrons. The SMILES string of the molecule is Cc1cn[nH]c1C1CN(c2ncnc3nc[nH]c23)CCO1. The molecule has 4 heterocycles. The maximum absolute atomic E-state index is 5.87. The lowest BCUT2D eigenvalue weighted by molar-refractivity contribution is 0.0364. The maximum Gasteiger partial charge on any atom is 0.182 e. The van der Waals surface area contributed by atoms with E-state index in [1.807, 2.05) is 13.1 Å². The molecule has 1 unspecified atom stereocenters. The third-order valence-corrected chi connectivity index (χ3v) is 3.76. The van der Waals surface area contributed by atoms with Gasteiger partial charge in [-0.25, -0.2) is 15.0 Å². The molecule has 0 aromatic carbocycles. The molecule has 0 aliphatic carbocycles. The normalized spacial score (nSPS) is 19.3. The standard InChI is InChI=1S/C13H15N7O/c1-8-4-18-19-10(8)9-5-20(2-3-21-9)13-11-12(15-6-14-11)16-7-17-13/h4,6-7,9H,2-3,5H2,1H3,(H,18,19)(H,14,15,16,17). The van der Waals surface area contributed by atoms with E-state index >= 15 is 0 Å². The minimum absolute atomic E-state index is 0.0332. The molecule has 0 bridgehead atoms. The fourth-order valence-electron chi connectivity index (χ4n) is 2.69. The predicted molar refractivity (Wildman–Crippen MR) is 75.9 cm³/mol. The van der Waals surface area contributed by atoms with Crippen LogP contribution >= 0.6 is 0 Å². The molecule has 1 aliphatic heterocycles. The Balaban J connectivity index is 1.67. The van der Waals surface area contributed by atoms with E-state index in [2.05, 4.69) is 35.0 Å². The Morgan fingerprint density at radius 3 is 3.14 bits per heavy atom. The summed E-state index contributed by atoms with van der Waals surface area (Å²) in [6, 6.07) is 0. The summed E-state index contributed by atoms with van der Waals surface area (Å²) in [5.74, 6) is 0.864. The minimum Gasteiger partial charge on any atom is -0.368 e. The highest BCUT2D eigenvalue weighted by molar-refractivity contribution is 5.82. The topological polar surface area (TPSA) is 95.6 Å². The number of H-pyrrole nitrogens is 2. The fraction of sp³-hybridized carbons (Fsp3) is 0.385. The Kier molecular flexibility index (Phi) is 2.81. The first kappa shape index (κ1) is 12.3. The van der Waals surface area contributed by atoms with Crippen molar-refractivity contribution < 1.29 is 4.74 Å². The van der Waals surface area contributed by atoms with Gasteiger partial charge in [0.05, 0.1) is 31.4 Å². The number of nitrogens with one attached hydrogen (secondary N) is 2. The van der Waals surface area contributed by atoms with E-state index < -0.39 is 0 Å². The van der Waals surface area contributed by atoms with Gasteiger partial charge in [-0.15, -0.1) is 0 Å². The fourth-order valence-corrected chi connectivity index (χ4v) is 2.69. The number of hydrogen-bond donors (Lipinski definition) is 2. The van der Waals surface area contributed by atoms with Crippen molar-refractivity contribution in [3.8, 4) is 0 Å². The molecule has 1 fully saturated rings. The van der Waals surface area contributed by atoms with Gasteiger partial charge in [0.15, 0.2) is 11.5 Å². The molecule has 8 nitrogen and oxygen atoms in total. The quantitative estimate of drug-likeness (QED) is 0.728. The Bertz CT molecular complexity index is 765. The van der Waals surface area contributed by atoms with Crippen LogP contribution < -0.4 is 4.90 Å². The van der Waals surface area contributed by atoms with Crippen molar-refractivity contribution in [2.24, 2.45) is 0 Å². The molecule has 3 aromatic rings. The van der Waals surface area contributed by atoms with Gasteiger partial charge in [-0.1, -0.05) is 0 Å². The van der Waals surface area contributed by atoms with Crippen LogP contribution in [0, 0.1) is 6.92 Å². The van der Waals surface area contributed by atoms with E-state index in [0.717, 1.165) is 29.1 Å². The lowest BCUT2D eigenvalue weighted by atomic mass is 10.1. The summed E-state index contributed by atoms with van der Waals surface area (Å²) < 4.78 is 5.87. The van der Waals surface area contributed by atoms with Crippen molar-refractivity contribution in [3.63, 3.8) is 0 Å². The van der Waals surface area contributed by atoms with Crippen LogP contribution in [0.25, 0.3) is 11.2 Å². The van der Waals surface area contributed by atoms with Gasteiger partial charge in [-0.3, -0.25) is 5.10 Å². The smallest absolute Gasteiger partial charge is 0.182 e. The number of ether oxygens (including phenoxy) is 1. The zero-order valence-corrected chi connectivity index (χ0v) is 11.6. The summed E-state index contributed by atoms with van der Waals surface area (Å²) in [5.41, 5.74) is 3.67. The van der Waals surface area contributed by atoms with Gasteiger partial charge in [0.2, 0.25) is 0 Å². The molecule has 2 N–H and O–H groups in total. The molecule has 8 heteroatoms. The molecule has 108 valence electrons. The van der Waals surface area contributed by atoms with Gasteiger partial charge in [-0.05, 0) is 12.5 Å². The third kappa shape index (κ3) is 2.04. The Labute approximate surface area is 120 Å².